The van der Waals surface area contributed by atoms with Gasteiger partial charge in [0, 0.05) is 11.3 Å². The number of aliphatic hydroxyl groups is 1. The lowest BCUT2D eigenvalue weighted by molar-refractivity contribution is -0.178. The summed E-state index contributed by atoms with van der Waals surface area (Å²) in [6.07, 6.45) is -5.06. The van der Waals surface area contributed by atoms with Crippen LogP contribution in [0.2, 0.25) is 4.34 Å². The predicted octanol–water partition coefficient (Wildman–Crippen LogP) is 2.88. The zero-order valence-corrected chi connectivity index (χ0v) is 9.70. The lowest BCUT2D eigenvalue weighted by Crippen LogP contribution is -2.23. The molecule has 2 nitrogen and oxygen atoms in total. The second kappa shape index (κ2) is 5.86. The third-order valence-corrected chi connectivity index (χ3v) is 2.90. The molecule has 1 aromatic heterocycles. The van der Waals surface area contributed by atoms with E-state index >= 15 is 0 Å². The summed E-state index contributed by atoms with van der Waals surface area (Å²) in [5.41, 5.74) is 0. The van der Waals surface area contributed by atoms with Gasteiger partial charge < -0.3 is 9.84 Å². The molecule has 0 aromatic carbocycles. The summed E-state index contributed by atoms with van der Waals surface area (Å²) in [6.45, 7) is -1.68. The summed E-state index contributed by atoms with van der Waals surface area (Å²) >= 11 is 6.95. The number of hydrogen-bond acceptors (Lipinski definition) is 3. The number of alkyl halides is 3. The van der Waals surface area contributed by atoms with Crippen molar-refractivity contribution in [2.24, 2.45) is 0 Å². The first kappa shape index (κ1) is 13.8. The Labute approximate surface area is 99.6 Å². The zero-order chi connectivity index (χ0) is 12.2. The average Bonchev–Trinajstić information content (AvgIpc) is 2.48. The normalized spacial score (nSPS) is 14.1. The van der Waals surface area contributed by atoms with E-state index in [1.807, 2.05) is 0 Å². The lowest BCUT2D eigenvalue weighted by Gasteiger charge is -2.11. The van der Waals surface area contributed by atoms with E-state index in [0.29, 0.717) is 4.34 Å². The van der Waals surface area contributed by atoms with Crippen molar-refractivity contribution in [2.75, 3.05) is 13.2 Å². The molecule has 1 atom stereocenters. The van der Waals surface area contributed by atoms with Crippen LogP contribution in [0.4, 0.5) is 13.2 Å². The maximum atomic E-state index is 11.7. The molecule has 1 rings (SSSR count). The molecule has 0 saturated carbocycles. The van der Waals surface area contributed by atoms with Crippen LogP contribution in [0.25, 0.3) is 0 Å². The highest BCUT2D eigenvalue weighted by molar-refractivity contribution is 7.16. The number of aliphatic hydroxyl groups excluding tert-OH is 1. The number of hydrogen-bond donors (Lipinski definition) is 1. The van der Waals surface area contributed by atoms with Gasteiger partial charge >= 0.3 is 6.18 Å². The maximum Gasteiger partial charge on any atom is 0.411 e. The van der Waals surface area contributed by atoms with E-state index in [-0.39, 0.29) is 13.0 Å². The molecule has 0 fully saturated rings. The fourth-order valence-electron chi connectivity index (χ4n) is 1.06. The van der Waals surface area contributed by atoms with Crippen molar-refractivity contribution in [1.82, 2.24) is 0 Å². The molecule has 92 valence electrons. The zero-order valence-electron chi connectivity index (χ0n) is 8.13. The lowest BCUT2D eigenvalue weighted by atomic mass is 10.2. The van der Waals surface area contributed by atoms with Gasteiger partial charge in [-0.2, -0.15) is 13.2 Å². The van der Waals surface area contributed by atoms with Crippen LogP contribution in [0.15, 0.2) is 12.1 Å². The first-order valence-electron chi connectivity index (χ1n) is 4.43. The minimum absolute atomic E-state index is 0.245. The second-order valence-corrected chi connectivity index (χ2v) is 4.99. The summed E-state index contributed by atoms with van der Waals surface area (Å²) in [5.74, 6) is 0. The first-order valence-corrected chi connectivity index (χ1v) is 5.63. The van der Waals surface area contributed by atoms with E-state index in [0.717, 1.165) is 4.88 Å². The van der Waals surface area contributed by atoms with Gasteiger partial charge in [0.15, 0.2) is 0 Å². The Hall–Kier alpha value is -0.300. The van der Waals surface area contributed by atoms with E-state index in [4.69, 9.17) is 11.6 Å². The summed E-state index contributed by atoms with van der Waals surface area (Å²) in [7, 11) is 0. The molecular weight excluding hydrogens is 265 g/mol. The number of ether oxygens (including phenoxy) is 1. The number of rotatable bonds is 5. The molecule has 1 heterocycles. The van der Waals surface area contributed by atoms with E-state index in [1.54, 1.807) is 12.1 Å². The molecule has 0 radical (unpaired) electrons. The molecule has 1 aromatic rings. The minimum Gasteiger partial charge on any atom is -0.390 e. The Morgan fingerprint density at radius 2 is 2.12 bits per heavy atom. The summed E-state index contributed by atoms with van der Waals surface area (Å²) in [4.78, 5) is 0.813. The topological polar surface area (TPSA) is 29.5 Å². The first-order chi connectivity index (χ1) is 7.37. The van der Waals surface area contributed by atoms with Crippen LogP contribution in [-0.2, 0) is 11.2 Å². The summed E-state index contributed by atoms with van der Waals surface area (Å²) < 4.78 is 40.1. The Morgan fingerprint density at radius 3 is 2.62 bits per heavy atom. The van der Waals surface area contributed by atoms with Crippen molar-refractivity contribution in [3.63, 3.8) is 0 Å². The minimum atomic E-state index is -4.36. The van der Waals surface area contributed by atoms with E-state index < -0.39 is 18.9 Å². The van der Waals surface area contributed by atoms with Gasteiger partial charge in [-0.3, -0.25) is 0 Å². The molecule has 0 aliphatic rings. The van der Waals surface area contributed by atoms with Gasteiger partial charge in [0.2, 0.25) is 0 Å². The summed E-state index contributed by atoms with van der Waals surface area (Å²) in [6, 6.07) is 3.39. The molecule has 0 amide bonds. The highest BCUT2D eigenvalue weighted by Crippen LogP contribution is 2.22. The maximum absolute atomic E-state index is 11.7. The third kappa shape index (κ3) is 5.69. The second-order valence-electron chi connectivity index (χ2n) is 3.19. The molecule has 7 heteroatoms. The SMILES string of the molecule is OC(COCC(F)(F)F)Cc1ccc(Cl)s1. The van der Waals surface area contributed by atoms with Gasteiger partial charge in [0.05, 0.1) is 17.0 Å². The van der Waals surface area contributed by atoms with E-state index in [9.17, 15) is 18.3 Å². The van der Waals surface area contributed by atoms with Crippen molar-refractivity contribution in [2.45, 2.75) is 18.7 Å². The van der Waals surface area contributed by atoms with Crippen molar-refractivity contribution < 1.29 is 23.0 Å². The van der Waals surface area contributed by atoms with E-state index in [2.05, 4.69) is 4.74 Å². The smallest absolute Gasteiger partial charge is 0.390 e. The Bertz CT molecular complexity index is 327. The van der Waals surface area contributed by atoms with Crippen molar-refractivity contribution in [1.29, 1.82) is 0 Å². The van der Waals surface area contributed by atoms with Gasteiger partial charge in [0.25, 0.3) is 0 Å². The van der Waals surface area contributed by atoms with Crippen LogP contribution in [0.1, 0.15) is 4.88 Å². The van der Waals surface area contributed by atoms with Gasteiger partial charge in [-0.1, -0.05) is 11.6 Å². The fourth-order valence-corrected chi connectivity index (χ4v) is 2.22. The number of halogens is 4. The molecule has 0 bridgehead atoms. The van der Waals surface area contributed by atoms with Crippen LogP contribution in [0.5, 0.6) is 0 Å². The molecular formula is C9H10ClF3O2S. The van der Waals surface area contributed by atoms with Gasteiger partial charge in [-0.15, -0.1) is 11.3 Å². The third-order valence-electron chi connectivity index (χ3n) is 1.64. The molecule has 0 saturated heterocycles. The van der Waals surface area contributed by atoms with Crippen LogP contribution in [-0.4, -0.2) is 30.6 Å². The largest absolute Gasteiger partial charge is 0.411 e. The standard InChI is InChI=1S/C9H10ClF3O2S/c10-8-2-1-7(16-8)3-6(14)4-15-5-9(11,12)13/h1-2,6,14H,3-5H2. The Kier molecular flexibility index (Phi) is 5.04. The average molecular weight is 275 g/mol. The van der Waals surface area contributed by atoms with Crippen LogP contribution in [0, 0.1) is 0 Å². The fraction of sp³-hybridized carbons (Fsp3) is 0.556. The van der Waals surface area contributed by atoms with Gasteiger partial charge in [0.1, 0.15) is 6.61 Å². The molecule has 0 aliphatic carbocycles. The van der Waals surface area contributed by atoms with Crippen molar-refractivity contribution in [3.05, 3.63) is 21.3 Å². The van der Waals surface area contributed by atoms with Crippen LogP contribution >= 0.6 is 22.9 Å². The highest BCUT2D eigenvalue weighted by atomic mass is 35.5. The molecule has 1 N–H and O–H groups in total. The van der Waals surface area contributed by atoms with Crippen LogP contribution in [0.3, 0.4) is 0 Å². The van der Waals surface area contributed by atoms with Crippen LogP contribution < -0.4 is 0 Å². The number of thiophene rings is 1. The quantitative estimate of drug-likeness (QED) is 0.895. The monoisotopic (exact) mass is 274 g/mol. The molecule has 0 spiro atoms. The molecule has 1 unspecified atom stereocenters. The molecule has 16 heavy (non-hydrogen) atoms. The van der Waals surface area contributed by atoms with Gasteiger partial charge in [-0.25, -0.2) is 0 Å². The Morgan fingerprint density at radius 1 is 1.44 bits per heavy atom. The van der Waals surface area contributed by atoms with Crippen molar-refractivity contribution >= 4 is 22.9 Å². The van der Waals surface area contributed by atoms with Crippen molar-refractivity contribution in [3.8, 4) is 0 Å². The Balaban J connectivity index is 2.23. The van der Waals surface area contributed by atoms with E-state index in [1.165, 1.54) is 11.3 Å². The molecule has 0 aliphatic heterocycles. The summed E-state index contributed by atoms with van der Waals surface area (Å²) in [5, 5.41) is 9.38. The van der Waals surface area contributed by atoms with Gasteiger partial charge in [-0.05, 0) is 12.1 Å². The predicted molar refractivity (Wildman–Crippen MR) is 55.9 cm³/mol. The highest BCUT2D eigenvalue weighted by Gasteiger charge is 2.27.